The molecule has 0 saturated carbocycles. The molecule has 2 unspecified atom stereocenters. The van der Waals surface area contributed by atoms with Crippen LogP contribution in [-0.4, -0.2) is 26.2 Å². The second-order valence-corrected chi connectivity index (χ2v) is 3.38. The number of aliphatic hydroxyl groups is 2. The number of hydrogen-bond donors (Lipinski definition) is 2. The second kappa shape index (κ2) is 5.68. The maximum Gasteiger partial charge on any atom is 0.306 e. The lowest BCUT2D eigenvalue weighted by molar-refractivity contribution is -0.385. The Morgan fingerprint density at radius 3 is 2.67 bits per heavy atom. The second-order valence-electron chi connectivity index (χ2n) is 3.38. The summed E-state index contributed by atoms with van der Waals surface area (Å²) in [4.78, 5) is 13.4. The largest absolute Gasteiger partial charge is 0.389 e. The van der Waals surface area contributed by atoms with Crippen LogP contribution in [-0.2, 0) is 0 Å². The summed E-state index contributed by atoms with van der Waals surface area (Å²) in [6.45, 7) is 0. The van der Waals surface area contributed by atoms with E-state index in [1.54, 1.807) is 12.1 Å². The first-order valence-electron chi connectivity index (χ1n) is 4.78. The molecule has 2 atom stereocenters. The minimum atomic E-state index is -1.47. The molecule has 0 aliphatic rings. The first kappa shape index (κ1) is 13.5. The Morgan fingerprint density at radius 1 is 1.50 bits per heavy atom. The lowest BCUT2D eigenvalue weighted by Gasteiger charge is -2.14. The van der Waals surface area contributed by atoms with Gasteiger partial charge in [-0.15, -0.1) is 0 Å². The first-order chi connectivity index (χ1) is 8.51. The minimum Gasteiger partial charge on any atom is -0.389 e. The van der Waals surface area contributed by atoms with Gasteiger partial charge < -0.3 is 10.2 Å². The fourth-order valence-corrected chi connectivity index (χ4v) is 1.28. The molecule has 8 heteroatoms. The van der Waals surface area contributed by atoms with Crippen LogP contribution in [0.2, 0.25) is 0 Å². The Hall–Kier alpha value is -2.55. The van der Waals surface area contributed by atoms with Crippen molar-refractivity contribution in [3.8, 4) is 12.1 Å². The van der Waals surface area contributed by atoms with E-state index in [0.29, 0.717) is 0 Å². The smallest absolute Gasteiger partial charge is 0.306 e. The molecule has 8 nitrogen and oxygen atoms in total. The Labute approximate surface area is 102 Å². The highest BCUT2D eigenvalue weighted by Gasteiger charge is 2.23. The van der Waals surface area contributed by atoms with Gasteiger partial charge in [0.25, 0.3) is 0 Å². The van der Waals surface area contributed by atoms with Gasteiger partial charge in [-0.25, -0.2) is 4.98 Å². The van der Waals surface area contributed by atoms with Crippen LogP contribution in [0.3, 0.4) is 0 Å². The van der Waals surface area contributed by atoms with Gasteiger partial charge in [-0.2, -0.15) is 10.5 Å². The number of hydrogen-bond acceptors (Lipinski definition) is 7. The van der Waals surface area contributed by atoms with E-state index in [1.807, 2.05) is 0 Å². The summed E-state index contributed by atoms with van der Waals surface area (Å²) >= 11 is 0. The number of nitriles is 2. The number of rotatable bonds is 4. The molecule has 0 saturated heterocycles. The molecule has 0 amide bonds. The molecule has 0 aliphatic carbocycles. The standard InChI is InChI=1S/C10H8N4O4/c11-2-1-9(15)10(16)6-3-8(14(17)18)7(4-12)13-5-6/h3,5,9-10,15-16H,1H2. The zero-order chi connectivity index (χ0) is 13.7. The molecule has 0 aliphatic heterocycles. The van der Waals surface area contributed by atoms with Crippen molar-refractivity contribution in [1.29, 1.82) is 10.5 Å². The van der Waals surface area contributed by atoms with Crippen molar-refractivity contribution in [2.24, 2.45) is 0 Å². The van der Waals surface area contributed by atoms with E-state index in [1.165, 1.54) is 0 Å². The number of aromatic nitrogens is 1. The molecule has 1 aromatic heterocycles. The van der Waals surface area contributed by atoms with Gasteiger partial charge in [-0.3, -0.25) is 10.1 Å². The molecule has 0 fully saturated rings. The molecule has 0 spiro atoms. The molecule has 0 aromatic carbocycles. The highest BCUT2D eigenvalue weighted by molar-refractivity contribution is 5.45. The minimum absolute atomic E-state index is 0.0246. The quantitative estimate of drug-likeness (QED) is 0.570. The summed E-state index contributed by atoms with van der Waals surface area (Å²) in [5, 5.41) is 46.7. The van der Waals surface area contributed by atoms with E-state index in [-0.39, 0.29) is 17.7 Å². The predicted octanol–water partition coefficient (Wildman–Crippen LogP) is 0.169. The van der Waals surface area contributed by atoms with Crippen LogP contribution in [0.1, 0.15) is 23.8 Å². The van der Waals surface area contributed by atoms with Crippen LogP contribution in [0.4, 0.5) is 5.69 Å². The Balaban J connectivity index is 3.13. The van der Waals surface area contributed by atoms with E-state index < -0.39 is 22.8 Å². The summed E-state index contributed by atoms with van der Waals surface area (Å²) in [5.74, 6) is 0. The fraction of sp³-hybridized carbons (Fsp3) is 0.300. The number of nitro groups is 1. The van der Waals surface area contributed by atoms with Crippen LogP contribution in [0.15, 0.2) is 12.3 Å². The van der Waals surface area contributed by atoms with Gasteiger partial charge in [-0.1, -0.05) is 0 Å². The normalized spacial score (nSPS) is 13.1. The Bertz CT molecular complexity index is 546. The molecular weight excluding hydrogens is 240 g/mol. The van der Waals surface area contributed by atoms with E-state index >= 15 is 0 Å². The third kappa shape index (κ3) is 2.77. The third-order valence-corrected chi connectivity index (χ3v) is 2.20. The van der Waals surface area contributed by atoms with Crippen LogP contribution < -0.4 is 0 Å². The van der Waals surface area contributed by atoms with Gasteiger partial charge in [0.05, 0.1) is 23.5 Å². The molecule has 18 heavy (non-hydrogen) atoms. The van der Waals surface area contributed by atoms with Crippen molar-refractivity contribution in [3.63, 3.8) is 0 Å². The average molecular weight is 248 g/mol. The Kier molecular flexibility index (Phi) is 4.27. The molecule has 1 aromatic rings. The maximum absolute atomic E-state index is 10.7. The zero-order valence-corrected chi connectivity index (χ0v) is 9.02. The van der Waals surface area contributed by atoms with E-state index in [0.717, 1.165) is 12.3 Å². The highest BCUT2D eigenvalue weighted by atomic mass is 16.6. The lowest BCUT2D eigenvalue weighted by Crippen LogP contribution is -2.18. The van der Waals surface area contributed by atoms with Crippen LogP contribution >= 0.6 is 0 Å². The molecule has 92 valence electrons. The SMILES string of the molecule is N#CCC(O)C(O)c1cnc(C#N)c([N+](=O)[O-])c1. The maximum atomic E-state index is 10.7. The number of nitrogens with zero attached hydrogens (tertiary/aromatic N) is 4. The summed E-state index contributed by atoms with van der Waals surface area (Å²) in [6, 6.07) is 4.16. The summed E-state index contributed by atoms with van der Waals surface area (Å²) in [6.07, 6.45) is -2.11. The summed E-state index contributed by atoms with van der Waals surface area (Å²) in [7, 11) is 0. The van der Waals surface area contributed by atoms with Crippen LogP contribution in [0, 0.1) is 32.8 Å². The van der Waals surface area contributed by atoms with E-state index in [4.69, 9.17) is 10.5 Å². The topological polar surface area (TPSA) is 144 Å². The zero-order valence-electron chi connectivity index (χ0n) is 9.02. The van der Waals surface area contributed by atoms with Gasteiger partial charge in [0.15, 0.2) is 0 Å². The van der Waals surface area contributed by atoms with Crippen molar-refractivity contribution in [1.82, 2.24) is 4.98 Å². The lowest BCUT2D eigenvalue weighted by atomic mass is 10.0. The summed E-state index contributed by atoms with van der Waals surface area (Å²) < 4.78 is 0. The van der Waals surface area contributed by atoms with E-state index in [9.17, 15) is 20.3 Å². The van der Waals surface area contributed by atoms with Crippen molar-refractivity contribution in [3.05, 3.63) is 33.6 Å². The van der Waals surface area contributed by atoms with Gasteiger partial charge in [0, 0.05) is 17.8 Å². The average Bonchev–Trinajstić information content (AvgIpc) is 2.37. The first-order valence-corrected chi connectivity index (χ1v) is 4.78. The van der Waals surface area contributed by atoms with Gasteiger partial charge in [0.2, 0.25) is 5.69 Å². The van der Waals surface area contributed by atoms with Crippen molar-refractivity contribution in [2.75, 3.05) is 0 Å². The van der Waals surface area contributed by atoms with Gasteiger partial charge in [0.1, 0.15) is 12.2 Å². The number of pyridine rings is 1. The van der Waals surface area contributed by atoms with E-state index in [2.05, 4.69) is 4.98 Å². The van der Waals surface area contributed by atoms with Crippen molar-refractivity contribution < 1.29 is 15.1 Å². The summed E-state index contributed by atoms with van der Waals surface area (Å²) in [5.41, 5.74) is -0.965. The van der Waals surface area contributed by atoms with Gasteiger partial charge >= 0.3 is 5.69 Å². The third-order valence-electron chi connectivity index (χ3n) is 2.20. The molecule has 2 N–H and O–H groups in total. The monoisotopic (exact) mass is 248 g/mol. The molecular formula is C10H8N4O4. The van der Waals surface area contributed by atoms with Crippen LogP contribution in [0.25, 0.3) is 0 Å². The molecule has 1 heterocycles. The number of aliphatic hydroxyl groups excluding tert-OH is 2. The fourth-order valence-electron chi connectivity index (χ4n) is 1.28. The molecule has 1 rings (SSSR count). The molecule has 0 radical (unpaired) electrons. The highest BCUT2D eigenvalue weighted by Crippen LogP contribution is 2.24. The van der Waals surface area contributed by atoms with Crippen LogP contribution in [0.5, 0.6) is 0 Å². The Morgan fingerprint density at radius 2 is 2.17 bits per heavy atom. The van der Waals surface area contributed by atoms with Crippen molar-refractivity contribution in [2.45, 2.75) is 18.6 Å². The molecule has 0 bridgehead atoms. The van der Waals surface area contributed by atoms with Gasteiger partial charge in [-0.05, 0) is 0 Å². The van der Waals surface area contributed by atoms with Crippen molar-refractivity contribution >= 4 is 5.69 Å². The predicted molar refractivity (Wildman–Crippen MR) is 56.8 cm³/mol.